The van der Waals surface area contributed by atoms with Gasteiger partial charge in [-0.25, -0.2) is 19.9 Å². The minimum absolute atomic E-state index is 0.197. The molecule has 0 aliphatic carbocycles. The molecular formula is C46H58N12O5Si. The van der Waals surface area contributed by atoms with Crippen LogP contribution in [0, 0.1) is 0 Å². The number of amides is 2. The Kier molecular flexibility index (Phi) is 12.4. The summed E-state index contributed by atoms with van der Waals surface area (Å²) < 4.78 is 22.2. The Hall–Kier alpha value is -6.66. The van der Waals surface area contributed by atoms with Crippen LogP contribution in [-0.4, -0.2) is 101 Å². The lowest BCUT2D eigenvalue weighted by Crippen LogP contribution is -2.40. The highest BCUT2D eigenvalue weighted by atomic mass is 28.3. The lowest BCUT2D eigenvalue weighted by atomic mass is 10.1. The van der Waals surface area contributed by atoms with Gasteiger partial charge in [0.25, 0.3) is 11.8 Å². The third-order valence-corrected chi connectivity index (χ3v) is 11.9. The highest BCUT2D eigenvalue weighted by Gasteiger charge is 2.25. The predicted molar refractivity (Wildman–Crippen MR) is 252 cm³/mol. The molecule has 64 heavy (non-hydrogen) atoms. The fourth-order valence-electron chi connectivity index (χ4n) is 7.09. The number of aromatic amines is 1. The van der Waals surface area contributed by atoms with Gasteiger partial charge in [0, 0.05) is 63.0 Å². The van der Waals surface area contributed by atoms with Crippen LogP contribution in [-0.2, 0) is 25.6 Å². The van der Waals surface area contributed by atoms with Crippen LogP contribution in [0.25, 0.3) is 66.9 Å². The quantitative estimate of drug-likeness (QED) is 0.0845. The van der Waals surface area contributed by atoms with Crippen molar-refractivity contribution in [3.8, 4) is 34.3 Å². The predicted octanol–water partition coefficient (Wildman–Crippen LogP) is 7.88. The van der Waals surface area contributed by atoms with Gasteiger partial charge in [-0.05, 0) is 84.0 Å². The molecule has 0 unspecified atom stereocenters. The average Bonchev–Trinajstić information content (AvgIpc) is 3.99. The summed E-state index contributed by atoms with van der Waals surface area (Å²) in [6, 6.07) is 12.6. The molecule has 0 spiro atoms. The van der Waals surface area contributed by atoms with Gasteiger partial charge in [-0.15, -0.1) is 0 Å². The summed E-state index contributed by atoms with van der Waals surface area (Å²) in [6.07, 6.45) is 6.78. The zero-order valence-corrected chi connectivity index (χ0v) is 40.0. The summed E-state index contributed by atoms with van der Waals surface area (Å²) in [4.78, 5) is 47.6. The number of carbonyl (C=O) groups excluding carboxylic acids is 2. The van der Waals surface area contributed by atoms with Crippen molar-refractivity contribution >= 4 is 64.0 Å². The fraction of sp³-hybridized carbons (Fsp3) is 0.391. The molecule has 0 saturated heterocycles. The van der Waals surface area contributed by atoms with E-state index >= 15 is 0 Å². The molecule has 2 aromatic carbocycles. The minimum Gasteiger partial charge on any atom is -0.497 e. The van der Waals surface area contributed by atoms with Crippen molar-refractivity contribution in [3.63, 3.8) is 0 Å². The first kappa shape index (κ1) is 45.4. The molecule has 2 amide bonds. The summed E-state index contributed by atoms with van der Waals surface area (Å²) in [5.41, 5.74) is 6.82. The SMILES string of the molecule is COc1ccc2c(c1)c(-c1cnc3[nH]cc(C(=O)NC(C)(C)C)c3n1)nn2C.COc1ccc2c(c1)c(-c1cnc3c(n1)c(C(=O)NC(C)(C)C)cn3COCC[Si](C)(C)C)nn2C. The molecule has 0 fully saturated rings. The second kappa shape index (κ2) is 17.5. The summed E-state index contributed by atoms with van der Waals surface area (Å²) in [7, 11) is 5.83. The first-order chi connectivity index (χ1) is 30.1. The maximum Gasteiger partial charge on any atom is 0.255 e. The van der Waals surface area contributed by atoms with Crippen LogP contribution in [0.5, 0.6) is 11.5 Å². The second-order valence-corrected chi connectivity index (χ2v) is 24.7. The first-order valence-electron chi connectivity index (χ1n) is 21.1. The Morgan fingerprint density at radius 1 is 0.734 bits per heavy atom. The lowest BCUT2D eigenvalue weighted by Gasteiger charge is -2.20. The van der Waals surface area contributed by atoms with Crippen molar-refractivity contribution in [1.82, 2.24) is 59.7 Å². The Balaban J connectivity index is 0.000000197. The molecule has 0 saturated carbocycles. The Morgan fingerprint density at radius 3 is 1.77 bits per heavy atom. The van der Waals surface area contributed by atoms with Crippen molar-refractivity contribution in [3.05, 3.63) is 72.3 Å². The van der Waals surface area contributed by atoms with Gasteiger partial charge in [-0.3, -0.25) is 19.0 Å². The van der Waals surface area contributed by atoms with Crippen LogP contribution in [0.3, 0.4) is 0 Å². The van der Waals surface area contributed by atoms with Crippen LogP contribution in [0.4, 0.5) is 0 Å². The zero-order chi connectivity index (χ0) is 46.3. The topological polar surface area (TPSA) is 194 Å². The van der Waals surface area contributed by atoms with E-state index in [1.807, 2.05) is 96.6 Å². The molecular weight excluding hydrogens is 829 g/mol. The molecule has 0 bridgehead atoms. The number of fused-ring (bicyclic) bond motifs is 4. The van der Waals surface area contributed by atoms with Gasteiger partial charge in [0.1, 0.15) is 52.0 Å². The van der Waals surface area contributed by atoms with E-state index in [2.05, 4.69) is 45.3 Å². The van der Waals surface area contributed by atoms with E-state index in [0.717, 1.165) is 39.3 Å². The van der Waals surface area contributed by atoms with Crippen molar-refractivity contribution in [2.24, 2.45) is 14.1 Å². The van der Waals surface area contributed by atoms with E-state index in [1.54, 1.807) is 48.4 Å². The molecule has 6 aromatic heterocycles. The minimum atomic E-state index is -1.21. The summed E-state index contributed by atoms with van der Waals surface area (Å²) in [6.45, 7) is 19.6. The third-order valence-electron chi connectivity index (χ3n) is 10.2. The van der Waals surface area contributed by atoms with Crippen molar-refractivity contribution in [2.75, 3.05) is 20.8 Å². The number of carbonyl (C=O) groups is 2. The molecule has 0 aliphatic heterocycles. The summed E-state index contributed by atoms with van der Waals surface area (Å²) >= 11 is 0. The number of hydrogen-bond donors (Lipinski definition) is 3. The van der Waals surface area contributed by atoms with Crippen LogP contribution in [0.1, 0.15) is 62.3 Å². The molecule has 17 nitrogen and oxygen atoms in total. The molecule has 18 heteroatoms. The van der Waals surface area contributed by atoms with Gasteiger partial charge in [0.2, 0.25) is 0 Å². The molecule has 0 aliphatic rings. The van der Waals surface area contributed by atoms with Gasteiger partial charge in [0.15, 0.2) is 11.3 Å². The zero-order valence-electron chi connectivity index (χ0n) is 39.0. The first-order valence-corrected chi connectivity index (χ1v) is 24.8. The number of benzene rings is 2. The molecule has 0 radical (unpaired) electrons. The number of H-pyrrole nitrogens is 1. The number of aryl methyl sites for hydroxylation is 2. The normalized spacial score (nSPS) is 12.2. The summed E-state index contributed by atoms with van der Waals surface area (Å²) in [5, 5.41) is 17.1. The highest BCUT2D eigenvalue weighted by molar-refractivity contribution is 6.76. The van der Waals surface area contributed by atoms with Gasteiger partial charge in [-0.1, -0.05) is 19.6 Å². The standard InChI is InChI=1S/C26H36N6O3Si.C20H22N6O2/c1-26(2,3)29-25(33)19-15-32(16-35-11-12-36(6,7)8)24-23(19)28-20(14-27-24)22-18-13-17(34-5)9-10-21(18)31(4)30-22;1-20(2,3)24-19(27)13-9-21-18-17(13)23-14(10-22-18)16-12-8-11(28-5)6-7-15(12)26(4)25-16/h9-10,13-15H,11-12,16H2,1-8H3,(H,29,33);6-10H,1-5H3,(H,21,22)(H,24,27). The summed E-state index contributed by atoms with van der Waals surface area (Å²) in [5.74, 6) is 1.07. The second-order valence-electron chi connectivity index (χ2n) is 19.1. The largest absolute Gasteiger partial charge is 0.497 e. The van der Waals surface area contributed by atoms with Crippen LogP contribution >= 0.6 is 0 Å². The van der Waals surface area contributed by atoms with Crippen molar-refractivity contribution in [1.29, 1.82) is 0 Å². The number of nitrogens with one attached hydrogen (secondary N) is 3. The smallest absolute Gasteiger partial charge is 0.255 e. The average molecular weight is 887 g/mol. The maximum absolute atomic E-state index is 13.2. The maximum atomic E-state index is 13.2. The van der Waals surface area contributed by atoms with Crippen molar-refractivity contribution < 1.29 is 23.8 Å². The number of nitrogens with zero attached hydrogens (tertiary/aromatic N) is 9. The molecule has 336 valence electrons. The highest BCUT2D eigenvalue weighted by Crippen LogP contribution is 2.32. The van der Waals surface area contributed by atoms with E-state index in [0.29, 0.717) is 69.6 Å². The van der Waals surface area contributed by atoms with Gasteiger partial charge in [-0.2, -0.15) is 10.2 Å². The number of rotatable bonds is 11. The number of hydrogen-bond acceptors (Lipinski definition) is 11. The molecule has 8 rings (SSSR count). The van der Waals surface area contributed by atoms with Crippen molar-refractivity contribution in [2.45, 2.75) is 85.0 Å². The monoisotopic (exact) mass is 886 g/mol. The van der Waals surface area contributed by atoms with E-state index in [4.69, 9.17) is 34.3 Å². The van der Waals surface area contributed by atoms with Gasteiger partial charge in [0.05, 0.1) is 48.8 Å². The molecule has 6 heterocycles. The lowest BCUT2D eigenvalue weighted by molar-refractivity contribution is 0.0884. The Labute approximate surface area is 372 Å². The molecule has 3 N–H and O–H groups in total. The van der Waals surface area contributed by atoms with E-state index in [-0.39, 0.29) is 17.4 Å². The number of methoxy groups -OCH3 is 2. The molecule has 0 atom stereocenters. The van der Waals surface area contributed by atoms with Crippen LogP contribution in [0.2, 0.25) is 25.7 Å². The fourth-order valence-corrected chi connectivity index (χ4v) is 7.84. The van der Waals surface area contributed by atoms with Crippen LogP contribution < -0.4 is 20.1 Å². The van der Waals surface area contributed by atoms with E-state index in [1.165, 1.54) is 0 Å². The van der Waals surface area contributed by atoms with Gasteiger partial charge < -0.3 is 34.4 Å². The Bertz CT molecular complexity index is 3020. The van der Waals surface area contributed by atoms with Crippen LogP contribution in [0.15, 0.2) is 61.2 Å². The third kappa shape index (κ3) is 9.92. The Morgan fingerprint density at radius 2 is 1.25 bits per heavy atom. The van der Waals surface area contributed by atoms with E-state index < -0.39 is 13.6 Å². The molecule has 8 aromatic rings. The number of ether oxygens (including phenoxy) is 3. The van der Waals surface area contributed by atoms with E-state index in [9.17, 15) is 9.59 Å². The number of aromatic nitrogens is 10. The van der Waals surface area contributed by atoms with Gasteiger partial charge >= 0.3 is 0 Å².